The van der Waals surface area contributed by atoms with Crippen LogP contribution in [-0.2, 0) is 5.41 Å². The number of nitrogens with two attached hydrogens (primary N) is 1. The smallest absolute Gasteiger partial charge is 0.180 e. The summed E-state index contributed by atoms with van der Waals surface area (Å²) in [4.78, 5) is 5.86. The molecule has 0 aliphatic heterocycles. The predicted molar refractivity (Wildman–Crippen MR) is 112 cm³/mol. The quantitative estimate of drug-likeness (QED) is 0.423. The molecule has 1 fully saturated rings. The molecule has 1 saturated carbocycles. The summed E-state index contributed by atoms with van der Waals surface area (Å²) in [5.74, 6) is 0.848. The zero-order valence-corrected chi connectivity index (χ0v) is 16.3. The Balaban J connectivity index is 1.71. The lowest BCUT2D eigenvalue weighted by Crippen LogP contribution is -2.25. The number of aromatic nitrogens is 1. The number of furan rings is 1. The Morgan fingerprint density at radius 1 is 1.04 bits per heavy atom. The second-order valence-corrected chi connectivity index (χ2v) is 8.64. The van der Waals surface area contributed by atoms with Gasteiger partial charge in [-0.25, -0.2) is 4.98 Å². The first-order valence-electron chi connectivity index (χ1n) is 9.17. The van der Waals surface area contributed by atoms with Gasteiger partial charge < -0.3 is 10.2 Å². The molecule has 136 valence electrons. The maximum Gasteiger partial charge on any atom is 0.180 e. The van der Waals surface area contributed by atoms with Gasteiger partial charge in [0, 0.05) is 15.8 Å². The Morgan fingerprint density at radius 3 is 2.52 bits per heavy atom. The van der Waals surface area contributed by atoms with Crippen molar-refractivity contribution in [2.45, 2.75) is 31.1 Å². The van der Waals surface area contributed by atoms with Crippen molar-refractivity contribution >= 4 is 39.0 Å². The third kappa shape index (κ3) is 2.75. The molecule has 2 aromatic carbocycles. The molecule has 0 bridgehead atoms. The lowest BCUT2D eigenvalue weighted by Gasteiger charge is -2.29. The van der Waals surface area contributed by atoms with Crippen molar-refractivity contribution in [3.05, 3.63) is 70.9 Å². The fourth-order valence-corrected chi connectivity index (χ4v) is 5.34. The zero-order chi connectivity index (χ0) is 18.4. The van der Waals surface area contributed by atoms with Gasteiger partial charge in [-0.05, 0) is 42.7 Å². The molecule has 0 unspecified atom stereocenters. The van der Waals surface area contributed by atoms with E-state index in [1.165, 1.54) is 29.7 Å². The fraction of sp³-hybridized carbons (Fsp3) is 0.227. The summed E-state index contributed by atoms with van der Waals surface area (Å²) in [5.41, 5.74) is 9.24. The number of fused-ring (bicyclic) bond motifs is 1. The largest absolute Gasteiger partial charge is 0.455 e. The molecule has 0 spiro atoms. The molecule has 27 heavy (non-hydrogen) atoms. The molecule has 0 atom stereocenters. The molecule has 0 amide bonds. The van der Waals surface area contributed by atoms with Crippen LogP contribution in [0.5, 0.6) is 0 Å². The number of para-hydroxylation sites is 1. The van der Waals surface area contributed by atoms with Crippen LogP contribution in [0, 0.1) is 0 Å². The van der Waals surface area contributed by atoms with Crippen LogP contribution in [0.1, 0.15) is 36.9 Å². The summed E-state index contributed by atoms with van der Waals surface area (Å²) in [5, 5.41) is 2.43. The van der Waals surface area contributed by atoms with E-state index in [1.54, 1.807) is 0 Å². The van der Waals surface area contributed by atoms with Crippen LogP contribution < -0.4 is 5.73 Å². The third-order valence-electron chi connectivity index (χ3n) is 5.60. The molecule has 0 saturated heterocycles. The molecule has 1 aliphatic carbocycles. The van der Waals surface area contributed by atoms with Crippen molar-refractivity contribution in [1.29, 1.82) is 0 Å². The van der Waals surface area contributed by atoms with Crippen LogP contribution in [0.2, 0.25) is 5.02 Å². The minimum Gasteiger partial charge on any atom is -0.455 e. The highest BCUT2D eigenvalue weighted by molar-refractivity contribution is 7.18. The van der Waals surface area contributed by atoms with Crippen LogP contribution >= 0.6 is 22.9 Å². The number of thiazole rings is 1. The Labute approximate surface area is 166 Å². The number of rotatable bonds is 3. The van der Waals surface area contributed by atoms with E-state index < -0.39 is 0 Å². The summed E-state index contributed by atoms with van der Waals surface area (Å²) >= 11 is 7.65. The van der Waals surface area contributed by atoms with Crippen LogP contribution in [0.3, 0.4) is 0 Å². The summed E-state index contributed by atoms with van der Waals surface area (Å²) < 4.78 is 6.16. The highest BCUT2D eigenvalue weighted by Crippen LogP contribution is 2.51. The van der Waals surface area contributed by atoms with Crippen LogP contribution in [0.15, 0.2) is 59.0 Å². The van der Waals surface area contributed by atoms with Crippen molar-refractivity contribution in [2.75, 3.05) is 5.73 Å². The van der Waals surface area contributed by atoms with Gasteiger partial charge in [0.25, 0.3) is 0 Å². The average molecular weight is 395 g/mol. The lowest BCUT2D eigenvalue weighted by molar-refractivity contribution is 0.520. The zero-order valence-electron chi connectivity index (χ0n) is 14.7. The number of hydrogen-bond donors (Lipinski definition) is 1. The average Bonchev–Trinajstić information content (AvgIpc) is 3.40. The van der Waals surface area contributed by atoms with Gasteiger partial charge in [0.1, 0.15) is 11.3 Å². The van der Waals surface area contributed by atoms with E-state index in [0.29, 0.717) is 5.13 Å². The van der Waals surface area contributed by atoms with Crippen LogP contribution in [0.25, 0.3) is 21.6 Å². The number of benzene rings is 2. The number of halogens is 1. The summed E-state index contributed by atoms with van der Waals surface area (Å²) in [7, 11) is 0. The van der Waals surface area contributed by atoms with Gasteiger partial charge in [-0.2, -0.15) is 0 Å². The number of anilines is 1. The Bertz CT molecular complexity index is 1070. The highest BCUT2D eigenvalue weighted by Gasteiger charge is 2.42. The summed E-state index contributed by atoms with van der Waals surface area (Å²) in [6, 6.07) is 18.4. The first kappa shape index (κ1) is 16.8. The van der Waals surface area contributed by atoms with Gasteiger partial charge in [0.05, 0.1) is 10.6 Å². The van der Waals surface area contributed by atoms with Gasteiger partial charge in [-0.1, -0.05) is 66.1 Å². The Hall–Kier alpha value is -2.30. The van der Waals surface area contributed by atoms with Crippen molar-refractivity contribution < 1.29 is 4.42 Å². The first-order chi connectivity index (χ1) is 13.2. The van der Waals surface area contributed by atoms with Gasteiger partial charge >= 0.3 is 0 Å². The molecule has 0 radical (unpaired) electrons. The Morgan fingerprint density at radius 2 is 1.78 bits per heavy atom. The number of nitrogens with zero attached hydrogens (tertiary/aromatic N) is 1. The molecule has 1 aliphatic rings. The van der Waals surface area contributed by atoms with E-state index in [-0.39, 0.29) is 5.41 Å². The van der Waals surface area contributed by atoms with Crippen molar-refractivity contribution in [3.63, 3.8) is 0 Å². The van der Waals surface area contributed by atoms with Gasteiger partial charge in [0.2, 0.25) is 0 Å². The predicted octanol–water partition coefficient (Wildman–Crippen LogP) is 6.65. The van der Waals surface area contributed by atoms with E-state index in [2.05, 4.69) is 24.3 Å². The van der Waals surface area contributed by atoms with Crippen molar-refractivity contribution in [1.82, 2.24) is 4.98 Å². The molecule has 4 aromatic rings. The maximum absolute atomic E-state index is 6.18. The maximum atomic E-state index is 6.18. The Kier molecular flexibility index (Phi) is 3.99. The highest BCUT2D eigenvalue weighted by atomic mass is 35.5. The summed E-state index contributed by atoms with van der Waals surface area (Å²) in [6.07, 6.45) is 4.48. The minimum absolute atomic E-state index is 0.132. The van der Waals surface area contributed by atoms with E-state index >= 15 is 0 Å². The van der Waals surface area contributed by atoms with Crippen LogP contribution in [0.4, 0.5) is 5.13 Å². The fourth-order valence-electron chi connectivity index (χ4n) is 4.33. The molecule has 2 aromatic heterocycles. The molecular formula is C22H19ClN2OS. The number of hydrogen-bond acceptors (Lipinski definition) is 4. The topological polar surface area (TPSA) is 52.0 Å². The lowest BCUT2D eigenvalue weighted by atomic mass is 9.75. The molecule has 2 heterocycles. The first-order valence-corrected chi connectivity index (χ1v) is 10.4. The molecule has 5 heteroatoms. The van der Waals surface area contributed by atoms with Crippen LogP contribution in [-0.4, -0.2) is 4.98 Å². The molecule has 2 N–H and O–H groups in total. The molecule has 3 nitrogen and oxygen atoms in total. The van der Waals surface area contributed by atoms with Crippen molar-refractivity contribution in [2.24, 2.45) is 0 Å². The second-order valence-electron chi connectivity index (χ2n) is 7.17. The van der Waals surface area contributed by atoms with E-state index in [9.17, 15) is 0 Å². The van der Waals surface area contributed by atoms with Crippen molar-refractivity contribution in [3.8, 4) is 10.6 Å². The van der Waals surface area contributed by atoms with E-state index in [0.717, 1.165) is 45.2 Å². The normalized spacial score (nSPS) is 16.2. The second kappa shape index (κ2) is 6.39. The molecule has 5 rings (SSSR count). The van der Waals surface area contributed by atoms with Gasteiger partial charge in [-0.15, -0.1) is 0 Å². The summed E-state index contributed by atoms with van der Waals surface area (Å²) in [6.45, 7) is 0. The SMILES string of the molecule is Nc1nc(C2(c3ccc(Cl)cc3)CCCC2)c(-c2cc3ccccc3o2)s1. The molecular weight excluding hydrogens is 376 g/mol. The van der Waals surface area contributed by atoms with E-state index in [4.69, 9.17) is 26.7 Å². The third-order valence-corrected chi connectivity index (χ3v) is 6.75. The standard InChI is InChI=1S/C22H19ClN2OS/c23-16-9-7-15(8-10-16)22(11-3-4-12-22)20-19(27-21(24)25-20)18-13-14-5-1-2-6-17(14)26-18/h1-2,5-10,13H,3-4,11-12H2,(H2,24,25). The minimum atomic E-state index is -0.132. The monoisotopic (exact) mass is 394 g/mol. The van der Waals surface area contributed by atoms with E-state index in [1.807, 2.05) is 30.3 Å². The number of nitrogen functional groups attached to an aromatic ring is 1. The van der Waals surface area contributed by atoms with Gasteiger partial charge in [-0.3, -0.25) is 0 Å². The van der Waals surface area contributed by atoms with Gasteiger partial charge in [0.15, 0.2) is 5.13 Å².